The zero-order valence-corrected chi connectivity index (χ0v) is 33.8. The molecular weight excluding hydrogens is 712 g/mol. The molecule has 5 aliphatic carbocycles. The molecule has 0 spiro atoms. The molecule has 55 heavy (non-hydrogen) atoms. The lowest BCUT2D eigenvalue weighted by Crippen LogP contribution is -2.67. The summed E-state index contributed by atoms with van der Waals surface area (Å²) in [7, 11) is 0. The van der Waals surface area contributed by atoms with E-state index in [9.17, 15) is 45.6 Å². The number of fused-ring (bicyclic) bond motifs is 7. The summed E-state index contributed by atoms with van der Waals surface area (Å²) in [6.45, 7) is 15.1. The van der Waals surface area contributed by atoms with E-state index in [1.165, 1.54) is 5.57 Å². The van der Waals surface area contributed by atoms with Gasteiger partial charge in [-0.25, -0.2) is 0 Å². The molecule has 8 N–H and O–H groups in total. The lowest BCUT2D eigenvalue weighted by atomic mass is 9.33. The number of allylic oxidation sites excluding steroid dienone is 2. The Balaban J connectivity index is 1.15. The van der Waals surface area contributed by atoms with Crippen molar-refractivity contribution < 1.29 is 64.6 Å². The van der Waals surface area contributed by atoms with E-state index in [0.717, 1.165) is 51.4 Å². The number of aliphatic hydroxyl groups excluding tert-OH is 7. The molecule has 0 unspecified atom stereocenters. The van der Waals surface area contributed by atoms with Crippen molar-refractivity contribution in [3.8, 4) is 0 Å². The number of carbonyl (C=O) groups is 1. The Kier molecular flexibility index (Phi) is 10.8. The van der Waals surface area contributed by atoms with Crippen molar-refractivity contribution in [2.24, 2.45) is 50.2 Å². The third-order valence-corrected chi connectivity index (χ3v) is 17.3. The highest BCUT2D eigenvalue weighted by molar-refractivity contribution is 5.76. The molecule has 0 bridgehead atoms. The van der Waals surface area contributed by atoms with Gasteiger partial charge >= 0.3 is 5.97 Å². The first kappa shape index (κ1) is 41.9. The van der Waals surface area contributed by atoms with Gasteiger partial charge in [0.05, 0.1) is 24.7 Å². The summed E-state index contributed by atoms with van der Waals surface area (Å²) in [6, 6.07) is 0. The molecule has 0 amide bonds. The zero-order chi connectivity index (χ0) is 40.3. The van der Waals surface area contributed by atoms with E-state index in [2.05, 4.69) is 54.5 Å². The summed E-state index contributed by atoms with van der Waals surface area (Å²) in [5.74, 6) is 0.0181. The molecule has 18 atom stereocenters. The van der Waals surface area contributed by atoms with Crippen LogP contribution in [0.5, 0.6) is 0 Å². The van der Waals surface area contributed by atoms with Crippen LogP contribution in [0, 0.1) is 50.2 Å². The van der Waals surface area contributed by atoms with Gasteiger partial charge in [0, 0.05) is 0 Å². The highest BCUT2D eigenvalue weighted by atomic mass is 16.8. The van der Waals surface area contributed by atoms with E-state index in [4.69, 9.17) is 18.9 Å². The minimum Gasteiger partial charge on any atom is -0.481 e. The van der Waals surface area contributed by atoms with Gasteiger partial charge in [0.15, 0.2) is 12.6 Å². The summed E-state index contributed by atoms with van der Waals surface area (Å²) in [5, 5.41) is 84.1. The molecule has 2 saturated heterocycles. The van der Waals surface area contributed by atoms with Crippen LogP contribution in [0.1, 0.15) is 113 Å². The van der Waals surface area contributed by atoms with Crippen LogP contribution in [0.4, 0.5) is 0 Å². The molecule has 13 nitrogen and oxygen atoms in total. The lowest BCUT2D eigenvalue weighted by Gasteiger charge is -2.71. The average molecular weight is 781 g/mol. The highest BCUT2D eigenvalue weighted by Crippen LogP contribution is 2.76. The second-order valence-corrected chi connectivity index (χ2v) is 20.7. The standard InChI is InChI=1S/C42H68O13/c1-37(2)14-16-42(36(50)51)17-15-40(6)21(22(42)18-37)8-9-26-39(5)12-11-27(38(3,4)25(39)10-13-41(26,40)7)54-35-33(31(48)29(46)24(20-44)53-35)55-34-32(49)30(47)28(45)23(19-43)52-34/h8,22-35,43-49H,9-20H2,1-7H3,(H,50,51)/t22-,23+,24+,25-,26+,27-,28-,29+,30-,31-,32+,33+,34+,35-,39-,40+,41+,42-/m0/s1. The molecule has 4 saturated carbocycles. The Morgan fingerprint density at radius 2 is 1.35 bits per heavy atom. The van der Waals surface area contributed by atoms with Crippen molar-refractivity contribution in [3.05, 3.63) is 11.6 Å². The first-order chi connectivity index (χ1) is 25.6. The summed E-state index contributed by atoms with van der Waals surface area (Å²) in [5.41, 5.74) is 0.210. The SMILES string of the molecule is CC1(C)CC[C@]2(C(=O)O)CC[C@]3(C)C(=CC[C@@H]4[C@@]5(C)CC[C@H](O[C@@H]6O[C@H](CO)[C@@H](O)[C@H](O)[C@H]6O[C@H]6O[C@H](CO)[C@H](O)[C@H](O)[C@H]6O)C(C)(C)[C@@H]5CC[C@]43C)[C@@H]2C1. The molecule has 6 fully saturated rings. The molecule has 0 aromatic rings. The minimum atomic E-state index is -1.75. The van der Waals surface area contributed by atoms with Crippen LogP contribution in [-0.2, 0) is 23.7 Å². The quantitative estimate of drug-likeness (QED) is 0.138. The Morgan fingerprint density at radius 1 is 0.727 bits per heavy atom. The molecule has 2 aliphatic heterocycles. The average Bonchev–Trinajstić information content (AvgIpc) is 3.12. The third-order valence-electron chi connectivity index (χ3n) is 17.3. The van der Waals surface area contributed by atoms with Gasteiger partial charge in [0.2, 0.25) is 0 Å². The second-order valence-electron chi connectivity index (χ2n) is 20.7. The number of carboxylic acids is 1. The number of rotatable bonds is 7. The van der Waals surface area contributed by atoms with E-state index in [1.54, 1.807) is 0 Å². The first-order valence-corrected chi connectivity index (χ1v) is 20.8. The number of hydrogen-bond acceptors (Lipinski definition) is 12. The van der Waals surface area contributed by atoms with Crippen LogP contribution in [0.2, 0.25) is 0 Å². The number of aliphatic carboxylic acids is 1. The number of aliphatic hydroxyl groups is 7. The fourth-order valence-corrected chi connectivity index (χ4v) is 13.7. The topological polar surface area (TPSA) is 216 Å². The van der Waals surface area contributed by atoms with Gasteiger partial charge in [-0.2, -0.15) is 0 Å². The van der Waals surface area contributed by atoms with E-state index in [0.29, 0.717) is 18.8 Å². The Bertz CT molecular complexity index is 1480. The zero-order valence-electron chi connectivity index (χ0n) is 33.8. The molecular formula is C42H68O13. The van der Waals surface area contributed by atoms with Crippen molar-refractivity contribution in [1.29, 1.82) is 0 Å². The Morgan fingerprint density at radius 3 is 1.98 bits per heavy atom. The van der Waals surface area contributed by atoms with E-state index >= 15 is 0 Å². The maximum atomic E-state index is 13.1. The fourth-order valence-electron chi connectivity index (χ4n) is 13.7. The van der Waals surface area contributed by atoms with Crippen LogP contribution in [0.3, 0.4) is 0 Å². The van der Waals surface area contributed by atoms with Gasteiger partial charge < -0.3 is 59.8 Å². The normalized spacial score (nSPS) is 53.2. The van der Waals surface area contributed by atoms with Gasteiger partial charge in [-0.3, -0.25) is 4.79 Å². The summed E-state index contributed by atoms with van der Waals surface area (Å²) in [4.78, 5) is 13.1. The third kappa shape index (κ3) is 6.23. The second kappa shape index (κ2) is 14.2. The Labute approximate surface area is 325 Å². The maximum Gasteiger partial charge on any atom is 0.310 e. The lowest BCUT2D eigenvalue weighted by molar-refractivity contribution is -0.378. The van der Waals surface area contributed by atoms with Gasteiger partial charge in [0.25, 0.3) is 0 Å². The van der Waals surface area contributed by atoms with Crippen LogP contribution < -0.4 is 0 Å². The van der Waals surface area contributed by atoms with Gasteiger partial charge in [0.1, 0.15) is 48.8 Å². The molecule has 314 valence electrons. The molecule has 7 aliphatic rings. The molecule has 13 heteroatoms. The van der Waals surface area contributed by atoms with Crippen molar-refractivity contribution in [3.63, 3.8) is 0 Å². The van der Waals surface area contributed by atoms with Gasteiger partial charge in [-0.05, 0) is 109 Å². The highest BCUT2D eigenvalue weighted by Gasteiger charge is 2.69. The number of ether oxygens (including phenoxy) is 4. The minimum absolute atomic E-state index is 0.0240. The van der Waals surface area contributed by atoms with Crippen molar-refractivity contribution in [2.75, 3.05) is 13.2 Å². The van der Waals surface area contributed by atoms with Crippen LogP contribution in [0.15, 0.2) is 11.6 Å². The van der Waals surface area contributed by atoms with Crippen LogP contribution in [-0.4, -0.2) is 128 Å². The maximum absolute atomic E-state index is 13.1. The first-order valence-electron chi connectivity index (χ1n) is 20.8. The monoisotopic (exact) mass is 780 g/mol. The Hall–Kier alpha value is -1.23. The molecule has 0 aromatic heterocycles. The summed E-state index contributed by atoms with van der Waals surface area (Å²) < 4.78 is 24.4. The van der Waals surface area contributed by atoms with E-state index in [1.807, 2.05) is 0 Å². The molecule has 2 heterocycles. The smallest absolute Gasteiger partial charge is 0.310 e. The predicted molar refractivity (Wildman–Crippen MR) is 198 cm³/mol. The van der Waals surface area contributed by atoms with Crippen molar-refractivity contribution in [1.82, 2.24) is 0 Å². The van der Waals surface area contributed by atoms with Crippen LogP contribution in [0.25, 0.3) is 0 Å². The largest absolute Gasteiger partial charge is 0.481 e. The van der Waals surface area contributed by atoms with Gasteiger partial charge in [-0.15, -0.1) is 0 Å². The van der Waals surface area contributed by atoms with Crippen molar-refractivity contribution >= 4 is 5.97 Å². The molecule has 0 radical (unpaired) electrons. The number of hydrogen-bond donors (Lipinski definition) is 8. The number of carboxylic acid groups (broad SMARTS) is 1. The molecule has 0 aromatic carbocycles. The van der Waals surface area contributed by atoms with Crippen LogP contribution >= 0.6 is 0 Å². The van der Waals surface area contributed by atoms with E-state index in [-0.39, 0.29) is 39.6 Å². The van der Waals surface area contributed by atoms with Crippen molar-refractivity contribution in [2.45, 2.75) is 180 Å². The molecule has 7 rings (SSSR count). The predicted octanol–water partition coefficient (Wildman–Crippen LogP) is 2.88. The van der Waals surface area contributed by atoms with E-state index < -0.39 is 91.4 Å². The summed E-state index contributed by atoms with van der Waals surface area (Å²) in [6.07, 6.45) is -4.41. The fraction of sp³-hybridized carbons (Fsp3) is 0.929. The van der Waals surface area contributed by atoms with Gasteiger partial charge in [-0.1, -0.05) is 60.1 Å². The summed E-state index contributed by atoms with van der Waals surface area (Å²) >= 11 is 0.